The van der Waals surface area contributed by atoms with Gasteiger partial charge in [-0.3, -0.25) is 14.9 Å². The Kier molecular flexibility index (Phi) is 4.26. The molecule has 2 amide bonds. The first-order valence-corrected chi connectivity index (χ1v) is 8.14. The third kappa shape index (κ3) is 3.17. The fourth-order valence-corrected chi connectivity index (χ4v) is 2.94. The van der Waals surface area contributed by atoms with Crippen LogP contribution in [0.2, 0.25) is 0 Å². The minimum Gasteiger partial charge on any atom is -0.365 e. The highest BCUT2D eigenvalue weighted by Crippen LogP contribution is 2.31. The van der Waals surface area contributed by atoms with Crippen LogP contribution < -0.4 is 11.1 Å². The molecule has 1 aromatic carbocycles. The van der Waals surface area contributed by atoms with Crippen molar-refractivity contribution in [2.24, 2.45) is 5.73 Å². The molecule has 6 nitrogen and oxygen atoms in total. The van der Waals surface area contributed by atoms with Gasteiger partial charge in [0.1, 0.15) is 11.3 Å². The van der Waals surface area contributed by atoms with Crippen LogP contribution in [0, 0.1) is 0 Å². The molecule has 0 saturated heterocycles. The number of nitrogens with two attached hydrogens (primary N) is 1. The summed E-state index contributed by atoms with van der Waals surface area (Å²) in [6, 6.07) is 10.4. The third-order valence-electron chi connectivity index (χ3n) is 3.03. The highest BCUT2D eigenvalue weighted by Gasteiger charge is 2.24. The van der Waals surface area contributed by atoms with E-state index in [0.29, 0.717) is 11.3 Å². The Morgan fingerprint density at radius 2 is 1.96 bits per heavy atom. The van der Waals surface area contributed by atoms with E-state index in [0.717, 1.165) is 9.35 Å². The number of rotatable bonds is 4. The normalized spacial score (nSPS) is 10.5. The molecule has 3 aromatic rings. The Hall–Kier alpha value is -2.45. The molecule has 2 heterocycles. The van der Waals surface area contributed by atoms with Gasteiger partial charge in [0.15, 0.2) is 0 Å². The molecule has 0 aliphatic carbocycles. The number of benzene rings is 1. The molecule has 0 aliphatic rings. The van der Waals surface area contributed by atoms with Crippen molar-refractivity contribution in [3.8, 4) is 10.6 Å². The average Bonchev–Trinajstić information content (AvgIpc) is 3.16. The zero-order valence-corrected chi connectivity index (χ0v) is 14.0. The Bertz CT molecular complexity index is 857. The predicted molar refractivity (Wildman–Crippen MR) is 90.4 cm³/mol. The number of hydrogen-bond donors (Lipinski definition) is 2. The van der Waals surface area contributed by atoms with Crippen LogP contribution in [0.15, 0.2) is 50.8 Å². The van der Waals surface area contributed by atoms with Gasteiger partial charge in [-0.25, -0.2) is 0 Å². The van der Waals surface area contributed by atoms with Crippen molar-refractivity contribution in [1.82, 2.24) is 5.16 Å². The summed E-state index contributed by atoms with van der Waals surface area (Å²) in [6.07, 6.45) is 0. The van der Waals surface area contributed by atoms with Crippen molar-refractivity contribution >= 4 is 45.0 Å². The molecule has 3 rings (SSSR count). The van der Waals surface area contributed by atoms with Crippen molar-refractivity contribution in [3.63, 3.8) is 0 Å². The van der Waals surface area contributed by atoms with Gasteiger partial charge in [0.2, 0.25) is 5.88 Å². The fourth-order valence-electron chi connectivity index (χ4n) is 1.96. The summed E-state index contributed by atoms with van der Waals surface area (Å²) < 4.78 is 5.96. The molecule has 0 saturated carbocycles. The smallest absolute Gasteiger partial charge is 0.258 e. The van der Waals surface area contributed by atoms with Crippen LogP contribution in [-0.4, -0.2) is 17.0 Å². The van der Waals surface area contributed by atoms with Gasteiger partial charge in [-0.1, -0.05) is 27.2 Å². The quantitative estimate of drug-likeness (QED) is 0.710. The predicted octanol–water partition coefficient (Wildman–Crippen LogP) is 3.52. The van der Waals surface area contributed by atoms with Crippen LogP contribution in [0.3, 0.4) is 0 Å². The summed E-state index contributed by atoms with van der Waals surface area (Å²) in [7, 11) is 0. The molecule has 116 valence electrons. The van der Waals surface area contributed by atoms with Gasteiger partial charge in [-0.2, -0.15) is 0 Å². The third-order valence-corrected chi connectivity index (χ3v) is 4.43. The van der Waals surface area contributed by atoms with Crippen LogP contribution >= 0.6 is 27.3 Å². The van der Waals surface area contributed by atoms with Gasteiger partial charge in [0.25, 0.3) is 11.8 Å². The van der Waals surface area contributed by atoms with Gasteiger partial charge in [0, 0.05) is 10.0 Å². The molecule has 0 bridgehead atoms. The minimum atomic E-state index is -0.722. The number of nitrogens with one attached hydrogen (secondary N) is 1. The van der Waals surface area contributed by atoms with Crippen molar-refractivity contribution in [2.75, 3.05) is 5.32 Å². The average molecular weight is 392 g/mol. The molecule has 0 aliphatic heterocycles. The largest absolute Gasteiger partial charge is 0.365 e. The number of amides is 2. The second kappa shape index (κ2) is 6.35. The zero-order valence-electron chi connectivity index (χ0n) is 11.6. The number of primary amides is 1. The molecule has 0 spiro atoms. The number of aromatic nitrogens is 1. The number of nitrogens with zero attached hydrogens (tertiary/aromatic N) is 1. The first-order valence-electron chi connectivity index (χ1n) is 6.46. The first-order chi connectivity index (χ1) is 11.1. The molecule has 3 N–H and O–H groups in total. The minimum absolute atomic E-state index is 0.0536. The maximum atomic E-state index is 12.2. The maximum absolute atomic E-state index is 12.2. The van der Waals surface area contributed by atoms with Crippen molar-refractivity contribution in [2.45, 2.75) is 0 Å². The van der Waals surface area contributed by atoms with Gasteiger partial charge in [-0.05, 0) is 35.7 Å². The summed E-state index contributed by atoms with van der Waals surface area (Å²) in [6.45, 7) is 0. The van der Waals surface area contributed by atoms with Crippen molar-refractivity contribution in [1.29, 1.82) is 0 Å². The lowest BCUT2D eigenvalue weighted by atomic mass is 10.2. The number of carbonyl (C=O) groups is 2. The van der Waals surface area contributed by atoms with E-state index in [9.17, 15) is 9.59 Å². The standard InChI is InChI=1S/C15H10BrN3O3S/c16-9-5-3-8(4-6-9)14(21)18-15-11(13(17)20)12(19-22-15)10-2-1-7-23-10/h1-7H,(H2,17,20)(H,18,21). The lowest BCUT2D eigenvalue weighted by Crippen LogP contribution is -2.17. The number of halogens is 1. The molecule has 0 unspecified atom stereocenters. The van der Waals surface area contributed by atoms with Gasteiger partial charge in [-0.15, -0.1) is 11.3 Å². The van der Waals surface area contributed by atoms with Crippen LogP contribution in [0.25, 0.3) is 10.6 Å². The second-order valence-electron chi connectivity index (χ2n) is 4.54. The van der Waals surface area contributed by atoms with E-state index < -0.39 is 11.8 Å². The van der Waals surface area contributed by atoms with Crippen LogP contribution in [-0.2, 0) is 0 Å². The number of anilines is 1. The van der Waals surface area contributed by atoms with Crippen LogP contribution in [0.4, 0.5) is 5.88 Å². The van der Waals surface area contributed by atoms with E-state index in [1.165, 1.54) is 11.3 Å². The monoisotopic (exact) mass is 391 g/mol. The van der Waals surface area contributed by atoms with E-state index in [1.54, 1.807) is 30.3 Å². The summed E-state index contributed by atoms with van der Waals surface area (Å²) in [5, 5.41) is 8.23. The molecule has 8 heteroatoms. The fraction of sp³-hybridized carbons (Fsp3) is 0. The Morgan fingerprint density at radius 1 is 1.22 bits per heavy atom. The topological polar surface area (TPSA) is 98.2 Å². The van der Waals surface area contributed by atoms with E-state index >= 15 is 0 Å². The van der Waals surface area contributed by atoms with Gasteiger partial charge >= 0.3 is 0 Å². The Morgan fingerprint density at radius 3 is 2.57 bits per heavy atom. The lowest BCUT2D eigenvalue weighted by molar-refractivity contribution is 0.100. The summed E-state index contributed by atoms with van der Waals surface area (Å²) in [5.41, 5.74) is 6.19. The number of thiophene rings is 1. The van der Waals surface area contributed by atoms with Gasteiger partial charge < -0.3 is 10.3 Å². The number of hydrogen-bond acceptors (Lipinski definition) is 5. The van der Waals surface area contributed by atoms with E-state index in [1.807, 2.05) is 11.4 Å². The highest BCUT2D eigenvalue weighted by atomic mass is 79.9. The van der Waals surface area contributed by atoms with Crippen molar-refractivity contribution in [3.05, 3.63) is 57.4 Å². The maximum Gasteiger partial charge on any atom is 0.258 e. The molecule has 0 radical (unpaired) electrons. The van der Waals surface area contributed by atoms with Crippen LogP contribution in [0.5, 0.6) is 0 Å². The Labute approximate surface area is 143 Å². The molecular formula is C15H10BrN3O3S. The molecule has 2 aromatic heterocycles. The zero-order chi connectivity index (χ0) is 16.4. The van der Waals surface area contributed by atoms with E-state index in [4.69, 9.17) is 10.3 Å². The summed E-state index contributed by atoms with van der Waals surface area (Å²) in [5.74, 6) is -1.21. The second-order valence-corrected chi connectivity index (χ2v) is 6.40. The first kappa shape index (κ1) is 15.4. The summed E-state index contributed by atoms with van der Waals surface area (Å²) >= 11 is 4.69. The van der Waals surface area contributed by atoms with Gasteiger partial charge in [0.05, 0.1) is 4.88 Å². The molecule has 0 fully saturated rings. The summed E-state index contributed by atoms with van der Waals surface area (Å²) in [4.78, 5) is 24.7. The number of carbonyl (C=O) groups excluding carboxylic acids is 2. The molecule has 0 atom stereocenters. The van der Waals surface area contributed by atoms with Crippen molar-refractivity contribution < 1.29 is 14.1 Å². The van der Waals surface area contributed by atoms with E-state index in [-0.39, 0.29) is 11.4 Å². The lowest BCUT2D eigenvalue weighted by Gasteiger charge is -2.03. The SMILES string of the molecule is NC(=O)c1c(-c2cccs2)noc1NC(=O)c1ccc(Br)cc1. The van der Waals surface area contributed by atoms with Crippen LogP contribution in [0.1, 0.15) is 20.7 Å². The Balaban J connectivity index is 1.93. The van der Waals surface area contributed by atoms with E-state index in [2.05, 4.69) is 26.4 Å². The molecule has 23 heavy (non-hydrogen) atoms. The highest BCUT2D eigenvalue weighted by molar-refractivity contribution is 9.10. The molecular weight excluding hydrogens is 382 g/mol.